The Morgan fingerprint density at radius 1 is 1.19 bits per heavy atom. The van der Waals surface area contributed by atoms with Gasteiger partial charge in [-0.3, -0.25) is 9.48 Å². The van der Waals surface area contributed by atoms with Crippen LogP contribution in [0.4, 0.5) is 18.9 Å². The number of nitrogens with one attached hydrogen (secondary N) is 1. The van der Waals surface area contributed by atoms with Crippen LogP contribution in [-0.4, -0.2) is 20.7 Å². The third kappa shape index (κ3) is 4.57. The van der Waals surface area contributed by atoms with Gasteiger partial charge in [0.2, 0.25) is 0 Å². The van der Waals surface area contributed by atoms with Crippen molar-refractivity contribution in [2.45, 2.75) is 64.1 Å². The Bertz CT molecular complexity index is 1100. The second kappa shape index (κ2) is 8.32. The molecule has 1 saturated carbocycles. The summed E-state index contributed by atoms with van der Waals surface area (Å²) in [5.41, 5.74) is -1.51. The van der Waals surface area contributed by atoms with E-state index in [0.717, 1.165) is 25.7 Å². The number of alkyl halides is 3. The molecule has 4 rings (SSSR count). The molecule has 0 aliphatic heterocycles. The van der Waals surface area contributed by atoms with E-state index in [-0.39, 0.29) is 28.7 Å². The minimum absolute atomic E-state index is 0.00223. The number of aromatic nitrogens is 3. The zero-order valence-corrected chi connectivity index (χ0v) is 17.5. The van der Waals surface area contributed by atoms with Gasteiger partial charge in [0.15, 0.2) is 0 Å². The van der Waals surface area contributed by atoms with Crippen molar-refractivity contribution in [2.75, 3.05) is 5.32 Å². The van der Waals surface area contributed by atoms with Gasteiger partial charge >= 0.3 is 0 Å². The first kappa shape index (κ1) is 21.3. The SMILES string of the molecule is CC(C)(F)c1cccc(C(=O)Nc2cc3cn(C4CCCCC4)nc3cc2C(F)F)n1. The van der Waals surface area contributed by atoms with Gasteiger partial charge in [-0.15, -0.1) is 0 Å². The van der Waals surface area contributed by atoms with Gasteiger partial charge in [0.1, 0.15) is 11.4 Å². The van der Waals surface area contributed by atoms with Crippen LogP contribution in [0, 0.1) is 0 Å². The van der Waals surface area contributed by atoms with Crippen LogP contribution >= 0.6 is 0 Å². The van der Waals surface area contributed by atoms with Crippen molar-refractivity contribution in [1.29, 1.82) is 0 Å². The number of anilines is 1. The molecule has 164 valence electrons. The molecule has 0 saturated heterocycles. The van der Waals surface area contributed by atoms with Crippen molar-refractivity contribution >= 4 is 22.5 Å². The van der Waals surface area contributed by atoms with Crippen LogP contribution in [0.2, 0.25) is 0 Å². The number of nitrogens with zero attached hydrogens (tertiary/aromatic N) is 3. The predicted octanol–water partition coefficient (Wildman–Crippen LogP) is 6.33. The third-order valence-electron chi connectivity index (χ3n) is 5.72. The Labute approximate surface area is 178 Å². The lowest BCUT2D eigenvalue weighted by molar-refractivity contribution is 0.102. The van der Waals surface area contributed by atoms with Crippen LogP contribution in [0.15, 0.2) is 36.5 Å². The highest BCUT2D eigenvalue weighted by molar-refractivity contribution is 6.04. The van der Waals surface area contributed by atoms with Crippen molar-refractivity contribution in [2.24, 2.45) is 0 Å². The Morgan fingerprint density at radius 3 is 2.61 bits per heavy atom. The van der Waals surface area contributed by atoms with Gasteiger partial charge in [-0.25, -0.2) is 18.2 Å². The molecular formula is C23H25F3N4O. The van der Waals surface area contributed by atoms with E-state index in [2.05, 4.69) is 15.4 Å². The summed E-state index contributed by atoms with van der Waals surface area (Å²) in [4.78, 5) is 16.7. The Balaban J connectivity index is 1.66. The first-order chi connectivity index (χ1) is 14.7. The molecule has 1 aliphatic rings. The Kier molecular flexibility index (Phi) is 5.73. The molecule has 2 heterocycles. The number of halogens is 3. The number of carbonyl (C=O) groups excluding carboxylic acids is 1. The van der Waals surface area contributed by atoms with Gasteiger partial charge in [0, 0.05) is 17.1 Å². The number of rotatable bonds is 5. The van der Waals surface area contributed by atoms with Crippen molar-refractivity contribution < 1.29 is 18.0 Å². The lowest BCUT2D eigenvalue weighted by Crippen LogP contribution is -2.18. The zero-order chi connectivity index (χ0) is 22.2. The minimum atomic E-state index is -2.79. The molecule has 1 aromatic carbocycles. The van der Waals surface area contributed by atoms with E-state index in [9.17, 15) is 18.0 Å². The minimum Gasteiger partial charge on any atom is -0.320 e. The van der Waals surface area contributed by atoms with Crippen LogP contribution in [-0.2, 0) is 5.67 Å². The number of benzene rings is 1. The van der Waals surface area contributed by atoms with Gasteiger partial charge in [0.05, 0.1) is 22.9 Å². The molecular weight excluding hydrogens is 405 g/mol. The normalized spacial score (nSPS) is 15.5. The number of carbonyl (C=O) groups is 1. The highest BCUT2D eigenvalue weighted by Crippen LogP contribution is 2.34. The van der Waals surface area contributed by atoms with Crippen molar-refractivity contribution in [3.8, 4) is 0 Å². The lowest BCUT2D eigenvalue weighted by atomic mass is 9.96. The molecule has 1 amide bonds. The molecule has 0 bridgehead atoms. The predicted molar refractivity (Wildman–Crippen MR) is 113 cm³/mol. The summed E-state index contributed by atoms with van der Waals surface area (Å²) in [5, 5.41) is 7.72. The summed E-state index contributed by atoms with van der Waals surface area (Å²) >= 11 is 0. The molecule has 0 radical (unpaired) electrons. The molecule has 0 spiro atoms. The van der Waals surface area contributed by atoms with Gasteiger partial charge < -0.3 is 5.32 Å². The van der Waals surface area contributed by atoms with E-state index >= 15 is 0 Å². The molecule has 8 heteroatoms. The van der Waals surface area contributed by atoms with Gasteiger partial charge in [-0.1, -0.05) is 25.3 Å². The number of fused-ring (bicyclic) bond motifs is 1. The summed E-state index contributed by atoms with van der Waals surface area (Å²) in [6.07, 6.45) is 4.57. The lowest BCUT2D eigenvalue weighted by Gasteiger charge is -2.21. The summed E-state index contributed by atoms with van der Waals surface area (Å²) in [5.74, 6) is -0.674. The molecule has 1 fully saturated rings. The van der Waals surface area contributed by atoms with E-state index in [0.29, 0.717) is 10.9 Å². The summed E-state index contributed by atoms with van der Waals surface area (Å²) in [6.45, 7) is 2.67. The quantitative estimate of drug-likeness (QED) is 0.514. The molecule has 31 heavy (non-hydrogen) atoms. The smallest absolute Gasteiger partial charge is 0.274 e. The highest BCUT2D eigenvalue weighted by Gasteiger charge is 2.24. The number of amides is 1. The summed E-state index contributed by atoms with van der Waals surface area (Å²) in [7, 11) is 0. The fraction of sp³-hybridized carbons (Fsp3) is 0.435. The zero-order valence-electron chi connectivity index (χ0n) is 17.5. The number of hydrogen-bond donors (Lipinski definition) is 1. The maximum absolute atomic E-state index is 14.2. The average molecular weight is 430 g/mol. The Morgan fingerprint density at radius 2 is 1.94 bits per heavy atom. The van der Waals surface area contributed by atoms with E-state index in [1.165, 1.54) is 50.6 Å². The topological polar surface area (TPSA) is 59.8 Å². The summed E-state index contributed by atoms with van der Waals surface area (Å²) < 4.78 is 43.5. The monoisotopic (exact) mass is 430 g/mol. The first-order valence-corrected chi connectivity index (χ1v) is 10.5. The van der Waals surface area contributed by atoms with Crippen LogP contribution < -0.4 is 5.32 Å². The van der Waals surface area contributed by atoms with Crippen molar-refractivity contribution in [1.82, 2.24) is 14.8 Å². The maximum Gasteiger partial charge on any atom is 0.274 e. The number of hydrogen-bond acceptors (Lipinski definition) is 3. The first-order valence-electron chi connectivity index (χ1n) is 10.5. The van der Waals surface area contributed by atoms with Crippen LogP contribution in [0.5, 0.6) is 0 Å². The summed E-state index contributed by atoms with van der Waals surface area (Å²) in [6, 6.07) is 7.53. The third-order valence-corrected chi connectivity index (χ3v) is 5.72. The molecule has 0 unspecified atom stereocenters. The van der Waals surface area contributed by atoms with Crippen LogP contribution in [0.25, 0.3) is 10.9 Å². The van der Waals surface area contributed by atoms with Gasteiger partial charge in [0.25, 0.3) is 12.3 Å². The van der Waals surface area contributed by atoms with E-state index in [1.807, 2.05) is 10.9 Å². The van der Waals surface area contributed by atoms with Crippen LogP contribution in [0.3, 0.4) is 0 Å². The molecule has 3 aromatic rings. The number of pyridine rings is 1. The van der Waals surface area contributed by atoms with E-state index < -0.39 is 18.0 Å². The maximum atomic E-state index is 14.2. The fourth-order valence-electron chi connectivity index (χ4n) is 4.01. The second-order valence-corrected chi connectivity index (χ2v) is 8.53. The van der Waals surface area contributed by atoms with Crippen molar-refractivity contribution in [3.63, 3.8) is 0 Å². The Hall–Kier alpha value is -2.90. The fourth-order valence-corrected chi connectivity index (χ4v) is 4.01. The van der Waals surface area contributed by atoms with Crippen LogP contribution in [0.1, 0.15) is 80.2 Å². The van der Waals surface area contributed by atoms with Gasteiger partial charge in [-0.2, -0.15) is 5.10 Å². The van der Waals surface area contributed by atoms with E-state index in [4.69, 9.17) is 0 Å². The molecule has 1 aliphatic carbocycles. The molecule has 2 aromatic heterocycles. The van der Waals surface area contributed by atoms with Crippen molar-refractivity contribution in [3.05, 3.63) is 53.5 Å². The largest absolute Gasteiger partial charge is 0.320 e. The molecule has 5 nitrogen and oxygen atoms in total. The highest BCUT2D eigenvalue weighted by atomic mass is 19.3. The molecule has 0 atom stereocenters. The average Bonchev–Trinajstić information content (AvgIpc) is 3.16. The standard InChI is InChI=1S/C23H25F3N4O/c1-23(2,26)20-10-6-9-17(27-20)22(31)28-19-11-14-13-30(15-7-4-3-5-8-15)29-18(14)12-16(19)21(24)25/h6,9-13,15,21H,3-5,7-8H2,1-2H3,(H,28,31). The molecule has 1 N–H and O–H groups in total. The van der Waals surface area contributed by atoms with Gasteiger partial charge in [-0.05, 0) is 51.0 Å². The van der Waals surface area contributed by atoms with E-state index in [1.54, 1.807) is 0 Å². The second-order valence-electron chi connectivity index (χ2n) is 8.53.